The summed E-state index contributed by atoms with van der Waals surface area (Å²) in [6.45, 7) is 2.85. The van der Waals surface area contributed by atoms with Gasteiger partial charge in [-0.05, 0) is 11.1 Å². The van der Waals surface area contributed by atoms with E-state index in [-0.39, 0.29) is 11.2 Å². The van der Waals surface area contributed by atoms with Crippen LogP contribution >= 0.6 is 0 Å². The largest absolute Gasteiger partial charge is 0.375 e. The molecule has 2 aliphatic rings. The first kappa shape index (κ1) is 14.9. The fraction of sp³-hybridized carbons (Fsp3) is 0.400. The summed E-state index contributed by atoms with van der Waals surface area (Å²) in [5.41, 5.74) is 2.36. The lowest BCUT2D eigenvalue weighted by Gasteiger charge is -2.16. The summed E-state index contributed by atoms with van der Waals surface area (Å²) in [5, 5.41) is 0. The first-order valence-corrected chi connectivity index (χ1v) is 8.21. The Morgan fingerprint density at radius 1 is 0.696 bits per heavy atom. The minimum atomic E-state index is -0.121. The average Bonchev–Trinajstić information content (AvgIpc) is 3.49. The second kappa shape index (κ2) is 6.08. The van der Waals surface area contributed by atoms with E-state index >= 15 is 0 Å². The lowest BCUT2D eigenvalue weighted by molar-refractivity contribution is 0.0423. The molecule has 0 aromatic heterocycles. The molecule has 2 fully saturated rings. The topological polar surface area (TPSA) is 34.3 Å². The van der Waals surface area contributed by atoms with E-state index in [1.807, 2.05) is 12.1 Å². The van der Waals surface area contributed by atoms with Gasteiger partial charge in [0.2, 0.25) is 0 Å². The van der Waals surface area contributed by atoms with Gasteiger partial charge < -0.3 is 14.2 Å². The average molecular weight is 310 g/mol. The number of epoxide rings is 2. The van der Waals surface area contributed by atoms with Crippen LogP contribution in [0, 0.1) is 0 Å². The van der Waals surface area contributed by atoms with Gasteiger partial charge in [0.15, 0.2) is 0 Å². The van der Waals surface area contributed by atoms with Crippen LogP contribution in [0.4, 0.5) is 0 Å². The standard InChI is InChI=1S/C20H22O3/c1-3-7-17(8-4-1)11-19(15-22-19)13-21-14-20(16-23-20)12-18-9-5-2-6-10-18/h1-10H,11-16H2/t19-,20-/m1/s1. The molecule has 120 valence electrons. The van der Waals surface area contributed by atoms with E-state index < -0.39 is 0 Å². The van der Waals surface area contributed by atoms with E-state index in [0.717, 1.165) is 26.1 Å². The lowest BCUT2D eigenvalue weighted by atomic mass is 10.00. The molecule has 2 saturated heterocycles. The second-order valence-corrected chi connectivity index (χ2v) is 6.76. The molecule has 0 bridgehead atoms. The van der Waals surface area contributed by atoms with E-state index in [4.69, 9.17) is 14.2 Å². The fourth-order valence-electron chi connectivity index (χ4n) is 3.04. The molecule has 3 nitrogen and oxygen atoms in total. The van der Waals surface area contributed by atoms with Crippen molar-refractivity contribution in [2.45, 2.75) is 24.0 Å². The normalized spacial score (nSPS) is 28.5. The van der Waals surface area contributed by atoms with Gasteiger partial charge in [-0.1, -0.05) is 60.7 Å². The smallest absolute Gasteiger partial charge is 0.119 e. The summed E-state index contributed by atoms with van der Waals surface area (Å²) in [7, 11) is 0. The van der Waals surface area contributed by atoms with Crippen molar-refractivity contribution in [1.82, 2.24) is 0 Å². The number of rotatable bonds is 8. The van der Waals surface area contributed by atoms with Crippen LogP contribution in [-0.2, 0) is 27.1 Å². The van der Waals surface area contributed by atoms with Crippen molar-refractivity contribution in [3.63, 3.8) is 0 Å². The van der Waals surface area contributed by atoms with Crippen LogP contribution in [0.3, 0.4) is 0 Å². The van der Waals surface area contributed by atoms with Gasteiger partial charge in [0, 0.05) is 12.8 Å². The maximum Gasteiger partial charge on any atom is 0.119 e. The molecular weight excluding hydrogens is 288 g/mol. The van der Waals surface area contributed by atoms with Gasteiger partial charge in [0.1, 0.15) is 11.2 Å². The molecule has 0 amide bonds. The Morgan fingerprint density at radius 3 is 1.43 bits per heavy atom. The van der Waals surface area contributed by atoms with Gasteiger partial charge in [-0.15, -0.1) is 0 Å². The van der Waals surface area contributed by atoms with Gasteiger partial charge >= 0.3 is 0 Å². The molecule has 2 aromatic rings. The van der Waals surface area contributed by atoms with Crippen LogP contribution in [0.15, 0.2) is 60.7 Å². The Kier molecular flexibility index (Phi) is 3.93. The molecule has 0 aliphatic carbocycles. The van der Waals surface area contributed by atoms with Crippen LogP contribution in [0.2, 0.25) is 0 Å². The van der Waals surface area contributed by atoms with Gasteiger partial charge in [0.25, 0.3) is 0 Å². The Labute approximate surface area is 137 Å². The third kappa shape index (κ3) is 3.81. The molecule has 0 radical (unpaired) electrons. The molecule has 2 atom stereocenters. The first-order valence-electron chi connectivity index (χ1n) is 8.21. The molecule has 23 heavy (non-hydrogen) atoms. The van der Waals surface area contributed by atoms with Crippen molar-refractivity contribution in [2.75, 3.05) is 26.4 Å². The second-order valence-electron chi connectivity index (χ2n) is 6.76. The number of benzene rings is 2. The zero-order valence-corrected chi connectivity index (χ0v) is 13.2. The van der Waals surface area contributed by atoms with Crippen molar-refractivity contribution in [3.05, 3.63) is 71.8 Å². The van der Waals surface area contributed by atoms with E-state index in [0.29, 0.717) is 13.2 Å². The Bertz CT molecular complexity index is 573. The molecule has 4 rings (SSSR count). The predicted octanol–water partition coefficient (Wildman–Crippen LogP) is 3.03. The molecule has 0 N–H and O–H groups in total. The van der Waals surface area contributed by atoms with Gasteiger partial charge in [-0.25, -0.2) is 0 Å². The fourth-order valence-corrected chi connectivity index (χ4v) is 3.04. The summed E-state index contributed by atoms with van der Waals surface area (Å²) < 4.78 is 17.4. The third-order valence-corrected chi connectivity index (χ3v) is 4.57. The van der Waals surface area contributed by atoms with Crippen molar-refractivity contribution in [3.8, 4) is 0 Å². The van der Waals surface area contributed by atoms with E-state index in [1.54, 1.807) is 0 Å². The summed E-state index contributed by atoms with van der Waals surface area (Å²) in [6.07, 6.45) is 1.83. The van der Waals surface area contributed by atoms with Crippen molar-refractivity contribution in [2.24, 2.45) is 0 Å². The Balaban J connectivity index is 1.27. The van der Waals surface area contributed by atoms with Crippen LogP contribution < -0.4 is 0 Å². The maximum atomic E-state index is 5.98. The minimum Gasteiger partial charge on any atom is -0.375 e. The van der Waals surface area contributed by atoms with E-state index in [9.17, 15) is 0 Å². The van der Waals surface area contributed by atoms with Crippen molar-refractivity contribution >= 4 is 0 Å². The third-order valence-electron chi connectivity index (χ3n) is 4.57. The molecule has 2 aromatic carbocycles. The molecule has 3 heteroatoms. The van der Waals surface area contributed by atoms with Crippen LogP contribution in [-0.4, -0.2) is 37.6 Å². The van der Waals surface area contributed by atoms with Crippen LogP contribution in [0.25, 0.3) is 0 Å². The molecule has 0 unspecified atom stereocenters. The van der Waals surface area contributed by atoms with E-state index in [2.05, 4.69) is 48.5 Å². The highest BCUT2D eigenvalue weighted by atomic mass is 16.6. The SMILES string of the molecule is c1ccc(C[C@@]2(COC[C@]3(Cc4ccccc4)CO3)CO2)cc1. The molecule has 0 saturated carbocycles. The first-order chi connectivity index (χ1) is 11.3. The van der Waals surface area contributed by atoms with Gasteiger partial charge in [-0.2, -0.15) is 0 Å². The highest BCUT2D eigenvalue weighted by molar-refractivity contribution is 5.20. The molecule has 2 heterocycles. The summed E-state index contributed by atoms with van der Waals surface area (Å²) in [6, 6.07) is 20.9. The lowest BCUT2D eigenvalue weighted by Crippen LogP contribution is -2.28. The van der Waals surface area contributed by atoms with E-state index in [1.165, 1.54) is 11.1 Å². The Hall–Kier alpha value is -1.68. The molecular formula is C20H22O3. The van der Waals surface area contributed by atoms with Crippen LogP contribution in [0.5, 0.6) is 0 Å². The highest BCUT2D eigenvalue weighted by Gasteiger charge is 2.48. The zero-order valence-electron chi connectivity index (χ0n) is 13.2. The van der Waals surface area contributed by atoms with Gasteiger partial charge in [0.05, 0.1) is 26.4 Å². The predicted molar refractivity (Wildman–Crippen MR) is 88.5 cm³/mol. The Morgan fingerprint density at radius 2 is 1.09 bits per heavy atom. The molecule has 2 aliphatic heterocycles. The highest BCUT2D eigenvalue weighted by Crippen LogP contribution is 2.35. The number of hydrogen-bond donors (Lipinski definition) is 0. The zero-order chi connectivity index (χ0) is 15.6. The quantitative estimate of drug-likeness (QED) is 0.703. The monoisotopic (exact) mass is 310 g/mol. The van der Waals surface area contributed by atoms with Crippen molar-refractivity contribution < 1.29 is 14.2 Å². The summed E-state index contributed by atoms with van der Waals surface area (Å²) in [4.78, 5) is 0. The van der Waals surface area contributed by atoms with Crippen molar-refractivity contribution in [1.29, 1.82) is 0 Å². The summed E-state index contributed by atoms with van der Waals surface area (Å²) in [5.74, 6) is 0. The summed E-state index contributed by atoms with van der Waals surface area (Å²) >= 11 is 0. The van der Waals surface area contributed by atoms with Crippen LogP contribution in [0.1, 0.15) is 11.1 Å². The van der Waals surface area contributed by atoms with Gasteiger partial charge in [-0.3, -0.25) is 0 Å². The molecule has 0 spiro atoms. The number of ether oxygens (including phenoxy) is 3. The minimum absolute atomic E-state index is 0.121. The number of hydrogen-bond acceptors (Lipinski definition) is 3. The maximum absolute atomic E-state index is 5.98.